The van der Waals surface area contributed by atoms with E-state index < -0.39 is 0 Å². The number of aromatic amines is 1. The van der Waals surface area contributed by atoms with E-state index in [0.717, 1.165) is 0 Å². The van der Waals surface area contributed by atoms with Crippen LogP contribution in [0.5, 0.6) is 0 Å². The molecule has 1 amide bonds. The van der Waals surface area contributed by atoms with E-state index in [9.17, 15) is 9.59 Å². The molecule has 0 aliphatic carbocycles. The number of hydrogen-bond acceptors (Lipinski definition) is 4. The Morgan fingerprint density at radius 1 is 1.27 bits per heavy atom. The molecule has 0 atom stereocenters. The summed E-state index contributed by atoms with van der Waals surface area (Å²) in [5.41, 5.74) is 0.407. The second-order valence-electron chi connectivity index (χ2n) is 4.83. The Labute approximate surface area is 126 Å². The second kappa shape index (κ2) is 5.85. The van der Waals surface area contributed by atoms with Crippen molar-refractivity contribution in [3.05, 3.63) is 64.6 Å². The van der Waals surface area contributed by atoms with E-state index in [2.05, 4.69) is 9.97 Å². The molecule has 0 saturated heterocycles. The molecule has 0 fully saturated rings. The van der Waals surface area contributed by atoms with Crippen LogP contribution >= 0.6 is 0 Å². The maximum Gasteiger partial charge on any atom is 0.289 e. The fourth-order valence-corrected chi connectivity index (χ4v) is 2.27. The zero-order valence-corrected chi connectivity index (χ0v) is 12.1. The molecule has 3 aromatic rings. The second-order valence-corrected chi connectivity index (χ2v) is 4.83. The number of hydrogen-bond donors (Lipinski definition) is 1. The maximum atomic E-state index is 12.3. The van der Waals surface area contributed by atoms with E-state index in [1.165, 1.54) is 6.26 Å². The van der Waals surface area contributed by atoms with Crippen molar-refractivity contribution >= 4 is 16.8 Å². The number of nitrogens with zero attached hydrogens (tertiary/aromatic N) is 2. The smallest absolute Gasteiger partial charge is 0.289 e. The molecule has 0 aliphatic rings. The van der Waals surface area contributed by atoms with Gasteiger partial charge in [-0.3, -0.25) is 9.59 Å². The number of aromatic nitrogens is 2. The van der Waals surface area contributed by atoms with E-state index in [1.807, 2.05) is 13.0 Å². The lowest BCUT2D eigenvalue weighted by molar-refractivity contribution is 0.0716. The number of carbonyl (C=O) groups excluding carboxylic acids is 1. The Morgan fingerprint density at radius 3 is 2.82 bits per heavy atom. The summed E-state index contributed by atoms with van der Waals surface area (Å²) in [6.45, 7) is 2.56. The molecule has 1 aromatic carbocycles. The summed E-state index contributed by atoms with van der Waals surface area (Å²) in [7, 11) is 0. The van der Waals surface area contributed by atoms with Crippen LogP contribution in [-0.2, 0) is 6.54 Å². The van der Waals surface area contributed by atoms with E-state index >= 15 is 0 Å². The van der Waals surface area contributed by atoms with Gasteiger partial charge in [0.2, 0.25) is 0 Å². The maximum absolute atomic E-state index is 12.3. The summed E-state index contributed by atoms with van der Waals surface area (Å²) < 4.78 is 5.13. The van der Waals surface area contributed by atoms with Gasteiger partial charge in [-0.1, -0.05) is 12.1 Å². The number of furan rings is 1. The van der Waals surface area contributed by atoms with Crippen LogP contribution in [0, 0.1) is 0 Å². The molecule has 0 saturated carbocycles. The first-order chi connectivity index (χ1) is 10.7. The number of nitrogens with one attached hydrogen (secondary N) is 1. The van der Waals surface area contributed by atoms with Crippen molar-refractivity contribution in [3.8, 4) is 0 Å². The number of para-hydroxylation sites is 1. The van der Waals surface area contributed by atoms with E-state index in [1.54, 1.807) is 35.2 Å². The highest BCUT2D eigenvalue weighted by atomic mass is 16.3. The topological polar surface area (TPSA) is 79.2 Å². The molecule has 2 aromatic heterocycles. The summed E-state index contributed by atoms with van der Waals surface area (Å²) in [4.78, 5) is 33.0. The number of fused-ring (bicyclic) bond motifs is 1. The molecule has 3 rings (SSSR count). The van der Waals surface area contributed by atoms with Gasteiger partial charge in [0.1, 0.15) is 5.82 Å². The molecule has 0 spiro atoms. The average molecular weight is 297 g/mol. The Morgan fingerprint density at radius 2 is 2.09 bits per heavy atom. The van der Waals surface area contributed by atoms with Crippen LogP contribution in [0.2, 0.25) is 0 Å². The third-order valence-electron chi connectivity index (χ3n) is 3.40. The van der Waals surface area contributed by atoms with Crippen molar-refractivity contribution in [2.45, 2.75) is 13.5 Å². The van der Waals surface area contributed by atoms with Crippen molar-refractivity contribution in [1.82, 2.24) is 14.9 Å². The normalized spacial score (nSPS) is 10.8. The van der Waals surface area contributed by atoms with Gasteiger partial charge >= 0.3 is 0 Å². The Kier molecular flexibility index (Phi) is 3.74. The van der Waals surface area contributed by atoms with Crippen LogP contribution in [0.15, 0.2) is 51.9 Å². The lowest BCUT2D eigenvalue weighted by Crippen LogP contribution is -2.31. The van der Waals surface area contributed by atoms with Gasteiger partial charge in [0.05, 0.1) is 23.7 Å². The average Bonchev–Trinajstić information content (AvgIpc) is 3.06. The molecule has 6 heteroatoms. The van der Waals surface area contributed by atoms with Crippen LogP contribution in [0.1, 0.15) is 23.3 Å². The van der Waals surface area contributed by atoms with E-state index in [0.29, 0.717) is 23.3 Å². The van der Waals surface area contributed by atoms with Crippen molar-refractivity contribution in [2.24, 2.45) is 0 Å². The van der Waals surface area contributed by atoms with Gasteiger partial charge in [-0.25, -0.2) is 4.98 Å². The first-order valence-electron chi connectivity index (χ1n) is 6.99. The van der Waals surface area contributed by atoms with Crippen LogP contribution in [-0.4, -0.2) is 27.3 Å². The summed E-state index contributed by atoms with van der Waals surface area (Å²) in [5.74, 6) is 0.485. The SMILES string of the molecule is CCN(Cc1nc2ccccc2c(=O)[nH]1)C(=O)c1ccco1. The number of amides is 1. The first kappa shape index (κ1) is 14.1. The van der Waals surface area contributed by atoms with Crippen molar-refractivity contribution in [3.63, 3.8) is 0 Å². The van der Waals surface area contributed by atoms with Crippen molar-refractivity contribution in [1.29, 1.82) is 0 Å². The molecule has 112 valence electrons. The van der Waals surface area contributed by atoms with E-state index in [4.69, 9.17) is 4.42 Å². The fraction of sp³-hybridized carbons (Fsp3) is 0.188. The van der Waals surface area contributed by atoms with Gasteiger partial charge in [-0.2, -0.15) is 0 Å². The minimum Gasteiger partial charge on any atom is -0.459 e. The van der Waals surface area contributed by atoms with Gasteiger partial charge in [0, 0.05) is 6.54 Å². The van der Waals surface area contributed by atoms with Crippen LogP contribution in [0.4, 0.5) is 0 Å². The highest BCUT2D eigenvalue weighted by Crippen LogP contribution is 2.10. The lowest BCUT2D eigenvalue weighted by atomic mass is 10.2. The van der Waals surface area contributed by atoms with Gasteiger partial charge in [0.15, 0.2) is 5.76 Å². The summed E-state index contributed by atoms with van der Waals surface area (Å²) in [5, 5.41) is 0.534. The minimum absolute atomic E-state index is 0.206. The number of H-pyrrole nitrogens is 1. The summed E-state index contributed by atoms with van der Waals surface area (Å²) in [6.07, 6.45) is 1.46. The molecular weight excluding hydrogens is 282 g/mol. The Hall–Kier alpha value is -2.89. The highest BCUT2D eigenvalue weighted by molar-refractivity contribution is 5.91. The number of benzene rings is 1. The van der Waals surface area contributed by atoms with Gasteiger partial charge in [-0.05, 0) is 31.2 Å². The number of rotatable bonds is 4. The lowest BCUT2D eigenvalue weighted by Gasteiger charge is -2.19. The molecule has 2 heterocycles. The molecular formula is C16H15N3O3. The highest BCUT2D eigenvalue weighted by Gasteiger charge is 2.18. The largest absolute Gasteiger partial charge is 0.459 e. The summed E-state index contributed by atoms with van der Waals surface area (Å²) in [6, 6.07) is 10.4. The van der Waals surface area contributed by atoms with Gasteiger partial charge in [0.25, 0.3) is 11.5 Å². The zero-order chi connectivity index (χ0) is 15.5. The van der Waals surface area contributed by atoms with Crippen LogP contribution < -0.4 is 5.56 Å². The van der Waals surface area contributed by atoms with Gasteiger partial charge in [-0.15, -0.1) is 0 Å². The van der Waals surface area contributed by atoms with Gasteiger partial charge < -0.3 is 14.3 Å². The molecule has 0 radical (unpaired) electrons. The third kappa shape index (κ3) is 2.63. The summed E-state index contributed by atoms with van der Waals surface area (Å²) >= 11 is 0. The van der Waals surface area contributed by atoms with Crippen LogP contribution in [0.3, 0.4) is 0 Å². The predicted octanol–water partition coefficient (Wildman–Crippen LogP) is 2.18. The molecule has 0 aliphatic heterocycles. The Balaban J connectivity index is 1.91. The first-order valence-corrected chi connectivity index (χ1v) is 6.99. The number of carbonyl (C=O) groups is 1. The van der Waals surface area contributed by atoms with E-state index in [-0.39, 0.29) is 23.8 Å². The molecule has 22 heavy (non-hydrogen) atoms. The van der Waals surface area contributed by atoms with Crippen LogP contribution in [0.25, 0.3) is 10.9 Å². The quantitative estimate of drug-likeness (QED) is 0.800. The molecule has 1 N–H and O–H groups in total. The van der Waals surface area contributed by atoms with Crippen molar-refractivity contribution < 1.29 is 9.21 Å². The molecule has 6 nitrogen and oxygen atoms in total. The minimum atomic E-state index is -0.233. The Bertz CT molecular complexity index is 852. The molecule has 0 unspecified atom stereocenters. The van der Waals surface area contributed by atoms with Crippen molar-refractivity contribution in [2.75, 3.05) is 6.54 Å². The third-order valence-corrected chi connectivity index (χ3v) is 3.40. The predicted molar refractivity (Wildman–Crippen MR) is 81.5 cm³/mol. The zero-order valence-electron chi connectivity index (χ0n) is 12.1. The molecule has 0 bridgehead atoms. The fourth-order valence-electron chi connectivity index (χ4n) is 2.27. The monoisotopic (exact) mass is 297 g/mol. The standard InChI is InChI=1S/C16H15N3O3/c1-2-19(16(21)13-8-5-9-22-13)10-14-17-12-7-4-3-6-11(12)15(20)18-14/h3-9H,2,10H2,1H3,(H,17,18,20).